The summed E-state index contributed by atoms with van der Waals surface area (Å²) >= 11 is 0. The minimum absolute atomic E-state index is 0.0244. The quantitative estimate of drug-likeness (QED) is 0.835. The highest BCUT2D eigenvalue weighted by atomic mass is 16.5. The molecule has 0 aliphatic heterocycles. The van der Waals surface area contributed by atoms with E-state index in [0.29, 0.717) is 18.9 Å². The third-order valence-electron chi connectivity index (χ3n) is 4.51. The summed E-state index contributed by atoms with van der Waals surface area (Å²) in [4.78, 5) is 12.0. The molecule has 2 atom stereocenters. The third-order valence-corrected chi connectivity index (χ3v) is 4.51. The van der Waals surface area contributed by atoms with Crippen LogP contribution in [0.25, 0.3) is 5.69 Å². The highest BCUT2D eigenvalue weighted by molar-refractivity contribution is 5.76. The Morgan fingerprint density at radius 3 is 2.83 bits per heavy atom. The van der Waals surface area contributed by atoms with E-state index in [0.717, 1.165) is 36.4 Å². The molecule has 1 saturated carbocycles. The van der Waals surface area contributed by atoms with Gasteiger partial charge in [-0.1, -0.05) is 11.6 Å². The second-order valence-electron chi connectivity index (χ2n) is 6.19. The molecule has 0 unspecified atom stereocenters. The Morgan fingerprint density at radius 2 is 2.17 bits per heavy atom. The van der Waals surface area contributed by atoms with Crippen molar-refractivity contribution in [3.63, 3.8) is 0 Å². The predicted molar refractivity (Wildman–Crippen MR) is 89.7 cm³/mol. The molecule has 2 aromatic rings. The lowest BCUT2D eigenvalue weighted by Gasteiger charge is -2.14. The summed E-state index contributed by atoms with van der Waals surface area (Å²) in [7, 11) is 1.63. The van der Waals surface area contributed by atoms with Gasteiger partial charge in [0, 0.05) is 12.5 Å². The van der Waals surface area contributed by atoms with Gasteiger partial charge in [-0.3, -0.25) is 4.79 Å². The minimum atomic E-state index is 0.0244. The van der Waals surface area contributed by atoms with Gasteiger partial charge in [-0.2, -0.15) is 0 Å². The number of nitrogens with one attached hydrogen (secondary N) is 1. The number of carbonyl (C=O) groups is 1. The van der Waals surface area contributed by atoms with Gasteiger partial charge in [0.25, 0.3) is 0 Å². The van der Waals surface area contributed by atoms with Crippen LogP contribution in [0.1, 0.15) is 31.4 Å². The van der Waals surface area contributed by atoms with Crippen LogP contribution in [-0.2, 0) is 11.3 Å². The summed E-state index contributed by atoms with van der Waals surface area (Å²) in [5.74, 6) is 1.12. The number of rotatable bonds is 6. The number of aromatic nitrogens is 3. The maximum Gasteiger partial charge on any atom is 0.220 e. The number of hydrogen-bond donors (Lipinski definition) is 2. The van der Waals surface area contributed by atoms with Gasteiger partial charge < -0.3 is 15.8 Å². The molecule has 1 amide bonds. The Balaban J connectivity index is 1.53. The largest absolute Gasteiger partial charge is 0.497 e. The molecule has 24 heavy (non-hydrogen) atoms. The molecule has 1 aromatic carbocycles. The van der Waals surface area contributed by atoms with Gasteiger partial charge in [-0.25, -0.2) is 4.68 Å². The van der Waals surface area contributed by atoms with Crippen LogP contribution in [0.3, 0.4) is 0 Å². The maximum absolute atomic E-state index is 12.0. The van der Waals surface area contributed by atoms with Gasteiger partial charge >= 0.3 is 0 Å². The van der Waals surface area contributed by atoms with Crippen molar-refractivity contribution in [3.8, 4) is 11.4 Å². The molecule has 0 spiro atoms. The van der Waals surface area contributed by atoms with Crippen molar-refractivity contribution in [1.82, 2.24) is 20.3 Å². The first-order chi connectivity index (χ1) is 11.7. The lowest BCUT2D eigenvalue weighted by atomic mass is 10.00. The Morgan fingerprint density at radius 1 is 1.38 bits per heavy atom. The van der Waals surface area contributed by atoms with Crippen LogP contribution < -0.4 is 15.8 Å². The third kappa shape index (κ3) is 3.91. The van der Waals surface area contributed by atoms with E-state index in [1.807, 2.05) is 30.5 Å². The first kappa shape index (κ1) is 16.4. The summed E-state index contributed by atoms with van der Waals surface area (Å²) in [5, 5.41) is 11.1. The fraction of sp³-hybridized carbons (Fsp3) is 0.471. The summed E-state index contributed by atoms with van der Waals surface area (Å²) in [6, 6.07) is 7.69. The number of methoxy groups -OCH3 is 1. The summed E-state index contributed by atoms with van der Waals surface area (Å²) < 4.78 is 6.81. The van der Waals surface area contributed by atoms with Gasteiger partial charge in [-0.15, -0.1) is 5.10 Å². The number of amides is 1. The zero-order valence-corrected chi connectivity index (χ0v) is 13.8. The number of hydrogen-bond acceptors (Lipinski definition) is 5. The maximum atomic E-state index is 12.0. The number of benzene rings is 1. The fourth-order valence-corrected chi connectivity index (χ4v) is 3.06. The van der Waals surface area contributed by atoms with Gasteiger partial charge in [0.15, 0.2) is 0 Å². The van der Waals surface area contributed by atoms with E-state index in [1.54, 1.807) is 11.8 Å². The van der Waals surface area contributed by atoms with E-state index in [9.17, 15) is 4.79 Å². The van der Waals surface area contributed by atoms with E-state index in [4.69, 9.17) is 10.5 Å². The monoisotopic (exact) mass is 329 g/mol. The van der Waals surface area contributed by atoms with Gasteiger partial charge in [0.1, 0.15) is 11.4 Å². The van der Waals surface area contributed by atoms with E-state index in [-0.39, 0.29) is 11.9 Å². The van der Waals surface area contributed by atoms with Gasteiger partial charge in [-0.05, 0) is 43.0 Å². The smallest absolute Gasteiger partial charge is 0.220 e. The first-order valence-corrected chi connectivity index (χ1v) is 8.23. The minimum Gasteiger partial charge on any atom is -0.497 e. The molecular formula is C17H23N5O2. The van der Waals surface area contributed by atoms with Crippen molar-refractivity contribution in [1.29, 1.82) is 0 Å². The molecule has 1 aliphatic carbocycles. The van der Waals surface area contributed by atoms with Crippen molar-refractivity contribution >= 4 is 5.91 Å². The van der Waals surface area contributed by atoms with Crippen LogP contribution in [0, 0.1) is 5.92 Å². The molecule has 7 heteroatoms. The van der Waals surface area contributed by atoms with Crippen molar-refractivity contribution in [2.75, 3.05) is 7.11 Å². The standard InChI is InChI=1S/C17H23N5O2/c1-24-15-7-5-14(6-8-15)22-11-13(20-21-22)10-19-17(23)9-12-3-2-4-16(12)18/h5-8,11-12,16H,2-4,9-10,18H2,1H3,(H,19,23)/t12-,16+/m0/s1. The van der Waals surface area contributed by atoms with Crippen LogP contribution in [0.5, 0.6) is 5.75 Å². The lowest BCUT2D eigenvalue weighted by Crippen LogP contribution is -2.31. The van der Waals surface area contributed by atoms with E-state index in [2.05, 4.69) is 15.6 Å². The van der Waals surface area contributed by atoms with Crippen molar-refractivity contribution in [3.05, 3.63) is 36.2 Å². The van der Waals surface area contributed by atoms with E-state index < -0.39 is 0 Å². The van der Waals surface area contributed by atoms with Crippen LogP contribution >= 0.6 is 0 Å². The van der Waals surface area contributed by atoms with Gasteiger partial charge in [0.2, 0.25) is 5.91 Å². The van der Waals surface area contributed by atoms with Crippen LogP contribution in [0.2, 0.25) is 0 Å². The number of ether oxygens (including phenoxy) is 1. The molecule has 3 N–H and O–H groups in total. The number of carbonyl (C=O) groups excluding carboxylic acids is 1. The predicted octanol–water partition coefficient (Wildman–Crippen LogP) is 1.41. The number of nitrogens with two attached hydrogens (primary N) is 1. The first-order valence-electron chi connectivity index (χ1n) is 8.23. The zero-order valence-electron chi connectivity index (χ0n) is 13.8. The second kappa shape index (κ2) is 7.44. The van der Waals surface area contributed by atoms with Crippen LogP contribution in [0.4, 0.5) is 0 Å². The molecule has 0 saturated heterocycles. The molecule has 1 heterocycles. The summed E-state index contributed by atoms with van der Waals surface area (Å²) in [6.07, 6.45) is 5.49. The van der Waals surface area contributed by atoms with Crippen LogP contribution in [0.15, 0.2) is 30.5 Å². The highest BCUT2D eigenvalue weighted by Crippen LogP contribution is 2.26. The fourth-order valence-electron chi connectivity index (χ4n) is 3.06. The second-order valence-corrected chi connectivity index (χ2v) is 6.19. The molecule has 1 aliphatic rings. The molecule has 1 aromatic heterocycles. The highest BCUT2D eigenvalue weighted by Gasteiger charge is 2.25. The van der Waals surface area contributed by atoms with E-state index >= 15 is 0 Å². The van der Waals surface area contributed by atoms with Gasteiger partial charge in [0.05, 0.1) is 25.5 Å². The molecule has 3 rings (SSSR count). The normalized spacial score (nSPS) is 20.1. The lowest BCUT2D eigenvalue weighted by molar-refractivity contribution is -0.122. The van der Waals surface area contributed by atoms with Crippen LogP contribution in [-0.4, -0.2) is 34.1 Å². The summed E-state index contributed by atoms with van der Waals surface area (Å²) in [6.45, 7) is 0.372. The Hall–Kier alpha value is -2.41. The molecule has 0 bridgehead atoms. The SMILES string of the molecule is COc1ccc(-n2cc(CNC(=O)C[C@@H]3CCC[C@H]3N)nn2)cc1. The molecule has 1 fully saturated rings. The molecular weight excluding hydrogens is 306 g/mol. The zero-order chi connectivity index (χ0) is 16.9. The van der Waals surface area contributed by atoms with Crippen molar-refractivity contribution in [2.45, 2.75) is 38.3 Å². The molecule has 7 nitrogen and oxygen atoms in total. The summed E-state index contributed by atoms with van der Waals surface area (Å²) in [5.41, 5.74) is 7.61. The Kier molecular flexibility index (Phi) is 5.10. The Bertz CT molecular complexity index is 683. The number of nitrogens with zero attached hydrogens (tertiary/aromatic N) is 3. The molecule has 128 valence electrons. The average molecular weight is 329 g/mol. The van der Waals surface area contributed by atoms with Crippen molar-refractivity contribution < 1.29 is 9.53 Å². The Labute approximate surface area is 141 Å². The van der Waals surface area contributed by atoms with E-state index in [1.165, 1.54) is 0 Å². The molecule has 0 radical (unpaired) electrons. The topological polar surface area (TPSA) is 95.1 Å². The van der Waals surface area contributed by atoms with Crippen molar-refractivity contribution in [2.24, 2.45) is 11.7 Å². The average Bonchev–Trinajstić information content (AvgIpc) is 3.23.